The van der Waals surface area contributed by atoms with E-state index in [1.807, 2.05) is 123 Å². The fraction of sp³-hybridized carbons (Fsp3) is 0.419. The number of pyridine rings is 3. The van der Waals surface area contributed by atoms with E-state index in [-0.39, 0.29) is 0 Å². The van der Waals surface area contributed by atoms with Crippen LogP contribution in [0.15, 0.2) is 164 Å². The number of aromatic nitrogens is 3. The van der Waals surface area contributed by atoms with Crippen molar-refractivity contribution in [3.8, 4) is 34.5 Å². The highest BCUT2D eigenvalue weighted by molar-refractivity contribution is 5.97. The number of anilines is 6. The van der Waals surface area contributed by atoms with Crippen LogP contribution < -0.4 is 57.8 Å². The lowest BCUT2D eigenvalue weighted by Crippen LogP contribution is -2.32. The molecular weight excluding hydrogens is 1440 g/mol. The lowest BCUT2D eigenvalue weighted by molar-refractivity contribution is 0.0223. The second kappa shape index (κ2) is 39.0. The van der Waals surface area contributed by atoms with Crippen LogP contribution in [0.25, 0.3) is 0 Å². The first-order valence-corrected chi connectivity index (χ1v) is 41.0. The van der Waals surface area contributed by atoms with Gasteiger partial charge in [0.1, 0.15) is 34.5 Å². The molecule has 3 aromatic heterocycles. The van der Waals surface area contributed by atoms with Crippen molar-refractivity contribution in [1.82, 2.24) is 15.0 Å². The number of nitrogens with zero attached hydrogens (tertiary/aromatic N) is 9. The number of rotatable bonds is 36. The third-order valence-electron chi connectivity index (χ3n) is 21.7. The van der Waals surface area contributed by atoms with Crippen LogP contribution in [0.2, 0.25) is 0 Å². The lowest BCUT2D eigenvalue weighted by atomic mass is 9.79. The van der Waals surface area contributed by atoms with Gasteiger partial charge in [0.2, 0.25) is 0 Å². The normalized spacial score (nSPS) is 13.6. The van der Waals surface area contributed by atoms with Gasteiger partial charge in [-0.25, -0.2) is 29.3 Å². The Kier molecular flexibility index (Phi) is 29.2. The van der Waals surface area contributed by atoms with Crippen LogP contribution in [0.1, 0.15) is 205 Å². The molecule has 3 aliphatic heterocycles. The quantitative estimate of drug-likeness (QED) is 0.0266. The van der Waals surface area contributed by atoms with Crippen molar-refractivity contribution in [1.29, 1.82) is 0 Å². The van der Waals surface area contributed by atoms with Gasteiger partial charge in [-0.2, -0.15) is 0 Å². The number of ether oxygens (including phenoxy) is 9. The molecule has 0 saturated heterocycles. The Hall–Kier alpha value is -11.2. The van der Waals surface area contributed by atoms with E-state index in [0.29, 0.717) is 94.7 Å². The van der Waals surface area contributed by atoms with E-state index < -0.39 is 34.7 Å². The first-order chi connectivity index (χ1) is 55.4. The molecule has 0 aliphatic carbocycles. The van der Waals surface area contributed by atoms with Crippen molar-refractivity contribution in [3.05, 3.63) is 231 Å². The van der Waals surface area contributed by atoms with E-state index in [2.05, 4.69) is 178 Å². The Morgan fingerprint density at radius 1 is 0.281 bits per heavy atom. The molecule has 0 N–H and O–H groups in total. The van der Waals surface area contributed by atoms with Gasteiger partial charge in [0, 0.05) is 218 Å². The Morgan fingerprint density at radius 2 is 0.491 bits per heavy atom. The topological polar surface area (TPSA) is 192 Å². The molecule has 0 atom stereocenters. The maximum Gasteiger partial charge on any atom is 0.358 e. The Bertz CT molecular complexity index is 4540. The molecule has 606 valence electrons. The van der Waals surface area contributed by atoms with Crippen molar-refractivity contribution in [2.45, 2.75) is 140 Å². The van der Waals surface area contributed by atoms with Crippen molar-refractivity contribution < 1.29 is 57.0 Å². The molecule has 21 nitrogen and oxygen atoms in total. The van der Waals surface area contributed by atoms with Crippen LogP contribution in [-0.4, -0.2) is 152 Å². The van der Waals surface area contributed by atoms with E-state index in [0.717, 1.165) is 159 Å². The standard InChI is InChI=1S/C33H43N3O4.C31H39N3O4.C29H35N3O4/c1-7-20-38-29-22-24(35(9-3)10-4)15-17-26(29)33(28-14-13-19-34-31(28)32(37)40-33)27-18-16-25(36(11-5)12-6)23-30(27)39-21-8-2;1-7-33(8-2)22-15-17-24(27(20-22)36-11-5)31(26-14-13-19-32-29(26)30(35)38-31)25-18-16-23(34(9-3)10-4)21-28(25)37-12-6;1-7-31(8-2)20-13-15-22(25(18-20)34-5)29(24-12-11-17-30-27(24)28(33)36-29)23-16-14-21(19-26(23)35-6)32(9-3)10-4/h13-19,22-23H,7-12,20-21H2,1-6H3;13-21H,7-12H2,1-6H3;11-19H,7-10H2,1-6H3. The number of cyclic esters (lactones) is 3. The third kappa shape index (κ3) is 16.5. The molecular formula is C93H117N9O12. The molecule has 0 amide bonds. The van der Waals surface area contributed by atoms with Gasteiger partial charge < -0.3 is 72.0 Å². The van der Waals surface area contributed by atoms with E-state index in [1.54, 1.807) is 32.8 Å². The number of benzene rings is 6. The number of methoxy groups -OCH3 is 2. The zero-order chi connectivity index (χ0) is 81.9. The van der Waals surface area contributed by atoms with Gasteiger partial charge in [0.15, 0.2) is 33.9 Å². The Balaban J connectivity index is 0.000000181. The SMILES string of the molecule is CCCOc1cc(N(CC)CC)ccc1C1(c2ccc(N(CC)CC)cc2OCCC)OC(=O)c2ncccc21.CCN(CC)c1ccc(C2(c3ccc(N(CC)CC)cc3OC)OC(=O)c3ncccc32)c(OC)c1.CCOc1cc(N(CC)CC)ccc1C1(c2ccc(N(CC)CC)cc2OCC)OC(=O)c2ncccc21. The second-order valence-electron chi connectivity index (χ2n) is 27.5. The summed E-state index contributed by atoms with van der Waals surface area (Å²) in [4.78, 5) is 66.7. The summed E-state index contributed by atoms with van der Waals surface area (Å²) in [5.41, 5.74) is 9.84. The summed E-state index contributed by atoms with van der Waals surface area (Å²) < 4.78 is 56.2. The summed E-state index contributed by atoms with van der Waals surface area (Å²) in [6, 6.07) is 47.9. The van der Waals surface area contributed by atoms with Gasteiger partial charge in [-0.05, 0) is 201 Å². The van der Waals surface area contributed by atoms with Crippen LogP contribution in [0, 0.1) is 0 Å². The molecule has 21 heteroatoms. The Morgan fingerprint density at radius 3 is 0.693 bits per heavy atom. The maximum absolute atomic E-state index is 13.4. The molecule has 0 saturated carbocycles. The third-order valence-corrected chi connectivity index (χ3v) is 21.7. The van der Waals surface area contributed by atoms with Crippen LogP contribution in [0.4, 0.5) is 34.1 Å². The number of hydrogen-bond donors (Lipinski definition) is 0. The highest BCUT2D eigenvalue weighted by Crippen LogP contribution is 2.57. The zero-order valence-electron chi connectivity index (χ0n) is 70.2. The molecule has 6 aromatic carbocycles. The average Bonchev–Trinajstić information content (AvgIpc) is 1.54. The molecule has 0 radical (unpaired) electrons. The van der Waals surface area contributed by atoms with Crippen LogP contribution >= 0.6 is 0 Å². The molecule has 0 bridgehead atoms. The molecule has 3 aliphatic rings. The number of esters is 3. The van der Waals surface area contributed by atoms with Crippen molar-refractivity contribution in [2.75, 3.05) is 149 Å². The predicted molar refractivity (Wildman–Crippen MR) is 456 cm³/mol. The highest BCUT2D eigenvalue weighted by atomic mass is 16.6. The van der Waals surface area contributed by atoms with E-state index in [1.165, 1.54) is 0 Å². The van der Waals surface area contributed by atoms with Crippen LogP contribution in [0.5, 0.6) is 34.5 Å². The van der Waals surface area contributed by atoms with Crippen molar-refractivity contribution >= 4 is 52.0 Å². The fourth-order valence-corrected chi connectivity index (χ4v) is 16.0. The molecule has 6 heterocycles. The molecule has 0 fully saturated rings. The summed E-state index contributed by atoms with van der Waals surface area (Å²) in [5.74, 6) is 2.54. The highest BCUT2D eigenvalue weighted by Gasteiger charge is 2.56. The summed E-state index contributed by atoms with van der Waals surface area (Å²) in [5, 5.41) is 0. The van der Waals surface area contributed by atoms with Crippen molar-refractivity contribution in [3.63, 3.8) is 0 Å². The van der Waals surface area contributed by atoms with Gasteiger partial charge in [-0.15, -0.1) is 0 Å². The summed E-state index contributed by atoms with van der Waals surface area (Å²) in [6.07, 6.45) is 6.56. The largest absolute Gasteiger partial charge is 0.496 e. The number of carbonyl (C=O) groups excluding carboxylic acids is 3. The fourth-order valence-electron chi connectivity index (χ4n) is 16.0. The minimum absolute atomic E-state index is 0.294. The number of hydrogen-bond acceptors (Lipinski definition) is 21. The predicted octanol–water partition coefficient (Wildman–Crippen LogP) is 18.1. The van der Waals surface area contributed by atoms with E-state index >= 15 is 0 Å². The van der Waals surface area contributed by atoms with Crippen molar-refractivity contribution in [2.24, 2.45) is 0 Å². The smallest absolute Gasteiger partial charge is 0.358 e. The first kappa shape index (κ1) is 85.2. The van der Waals surface area contributed by atoms with E-state index in [4.69, 9.17) is 42.6 Å². The van der Waals surface area contributed by atoms with Gasteiger partial charge in [-0.3, -0.25) is 0 Å². The summed E-state index contributed by atoms with van der Waals surface area (Å²) >= 11 is 0. The number of carbonyl (C=O) groups is 3. The Labute approximate surface area is 675 Å². The van der Waals surface area contributed by atoms with Crippen LogP contribution in [-0.2, 0) is 31.0 Å². The molecule has 12 rings (SSSR count). The first-order valence-electron chi connectivity index (χ1n) is 41.0. The maximum atomic E-state index is 13.4. The van der Waals surface area contributed by atoms with Crippen LogP contribution in [0.3, 0.4) is 0 Å². The second-order valence-corrected chi connectivity index (χ2v) is 27.5. The lowest BCUT2D eigenvalue weighted by Gasteiger charge is -2.34. The van der Waals surface area contributed by atoms with Gasteiger partial charge >= 0.3 is 17.9 Å². The van der Waals surface area contributed by atoms with Gasteiger partial charge in [0.25, 0.3) is 0 Å². The minimum Gasteiger partial charge on any atom is -0.496 e. The monoisotopic (exact) mass is 1550 g/mol. The minimum atomic E-state index is -1.28. The average molecular weight is 1550 g/mol. The molecule has 0 unspecified atom stereocenters. The molecule has 114 heavy (non-hydrogen) atoms. The summed E-state index contributed by atoms with van der Waals surface area (Å²) in [7, 11) is 3.28. The molecule has 9 aromatic rings. The molecule has 0 spiro atoms. The van der Waals surface area contributed by atoms with Gasteiger partial charge in [-0.1, -0.05) is 32.0 Å². The van der Waals surface area contributed by atoms with E-state index in [9.17, 15) is 14.4 Å². The number of fused-ring (bicyclic) bond motifs is 3. The zero-order valence-corrected chi connectivity index (χ0v) is 70.2. The summed E-state index contributed by atoms with van der Waals surface area (Å²) in [6.45, 7) is 46.1. The van der Waals surface area contributed by atoms with Gasteiger partial charge in [0.05, 0.1) is 40.6 Å².